The number of aliphatic hydroxyl groups is 1. The van der Waals surface area contributed by atoms with Gasteiger partial charge >= 0.3 is 0 Å². The largest absolute Gasteiger partial charge is 0.497 e. The SMILES string of the molecule is COc1ccc([Si](C)(C)[C@H]2[C@H](CC(=O)N3Cc4ccccc4C[C@H]3CO)O[C@@]3(C(=O)N(Cc4cccc(N5CCCCC5=O)c4)c4ccc([N+](=O)[O-])cc43)[C@@H]2C)cc1. The number of benzene rings is 4. The first kappa shape index (κ1) is 39.5. The molecule has 302 valence electrons. The number of hydrogen-bond donors (Lipinski definition) is 1. The van der Waals surface area contributed by atoms with Gasteiger partial charge in [-0.1, -0.05) is 73.7 Å². The van der Waals surface area contributed by atoms with Gasteiger partial charge in [0.05, 0.1) is 57.5 Å². The summed E-state index contributed by atoms with van der Waals surface area (Å²) < 4.78 is 12.7. The molecule has 4 heterocycles. The second-order valence-corrected chi connectivity index (χ2v) is 21.4. The number of carbonyl (C=O) groups is 3. The first-order valence-electron chi connectivity index (χ1n) is 20.2. The highest BCUT2D eigenvalue weighted by molar-refractivity contribution is 6.91. The van der Waals surface area contributed by atoms with E-state index in [0.717, 1.165) is 40.4 Å². The van der Waals surface area contributed by atoms with E-state index in [1.807, 2.05) is 79.7 Å². The van der Waals surface area contributed by atoms with Gasteiger partial charge in [-0.3, -0.25) is 24.5 Å². The van der Waals surface area contributed by atoms with Crippen LogP contribution in [0.2, 0.25) is 18.6 Å². The van der Waals surface area contributed by atoms with Crippen LogP contribution in [-0.4, -0.2) is 73.1 Å². The summed E-state index contributed by atoms with van der Waals surface area (Å²) in [5.74, 6) is -0.239. The number of nitro benzene ring substituents is 1. The Labute approximate surface area is 339 Å². The minimum Gasteiger partial charge on any atom is -0.497 e. The fourth-order valence-electron chi connectivity index (χ4n) is 10.2. The maximum absolute atomic E-state index is 15.4. The van der Waals surface area contributed by atoms with Gasteiger partial charge in [-0.25, -0.2) is 0 Å². The first-order chi connectivity index (χ1) is 27.9. The number of fused-ring (bicyclic) bond motifs is 3. The van der Waals surface area contributed by atoms with E-state index in [4.69, 9.17) is 9.47 Å². The molecule has 58 heavy (non-hydrogen) atoms. The van der Waals surface area contributed by atoms with E-state index >= 15 is 4.79 Å². The van der Waals surface area contributed by atoms with E-state index < -0.39 is 36.7 Å². The number of nitro groups is 1. The zero-order valence-corrected chi connectivity index (χ0v) is 34.4. The van der Waals surface area contributed by atoms with Gasteiger partial charge in [0.1, 0.15) is 5.75 Å². The molecule has 0 radical (unpaired) electrons. The lowest BCUT2D eigenvalue weighted by Gasteiger charge is -2.39. The normalized spacial score (nSPS) is 24.3. The van der Waals surface area contributed by atoms with Crippen LogP contribution >= 0.6 is 0 Å². The third-order valence-electron chi connectivity index (χ3n) is 13.2. The van der Waals surface area contributed by atoms with Crippen LogP contribution in [0.3, 0.4) is 0 Å². The Morgan fingerprint density at radius 1 is 1.00 bits per heavy atom. The fraction of sp³-hybridized carbons (Fsp3) is 0.400. The summed E-state index contributed by atoms with van der Waals surface area (Å²) in [4.78, 5) is 59.9. The molecule has 4 aliphatic rings. The minimum absolute atomic E-state index is 0.0363. The molecule has 4 aliphatic heterocycles. The number of anilines is 2. The lowest BCUT2D eigenvalue weighted by Crippen LogP contribution is -2.52. The van der Waals surface area contributed by atoms with E-state index in [-0.39, 0.29) is 48.5 Å². The Hall–Kier alpha value is -5.37. The van der Waals surface area contributed by atoms with E-state index in [9.17, 15) is 24.8 Å². The number of amides is 3. The summed E-state index contributed by atoms with van der Waals surface area (Å²) in [6.07, 6.45) is 2.03. The zero-order valence-electron chi connectivity index (χ0n) is 33.4. The van der Waals surface area contributed by atoms with Gasteiger partial charge in [0.25, 0.3) is 11.6 Å². The second kappa shape index (κ2) is 15.4. The molecule has 1 spiro atoms. The van der Waals surface area contributed by atoms with Crippen molar-refractivity contribution in [2.75, 3.05) is 30.1 Å². The van der Waals surface area contributed by atoms with Gasteiger partial charge in [-0.2, -0.15) is 0 Å². The molecule has 5 atom stereocenters. The van der Waals surface area contributed by atoms with Crippen molar-refractivity contribution in [3.8, 4) is 5.75 Å². The van der Waals surface area contributed by atoms with Crippen molar-refractivity contribution in [1.29, 1.82) is 0 Å². The maximum atomic E-state index is 15.4. The predicted octanol–water partition coefficient (Wildman–Crippen LogP) is 6.22. The quantitative estimate of drug-likeness (QED) is 0.113. The van der Waals surface area contributed by atoms with E-state index in [1.54, 1.807) is 27.9 Å². The summed E-state index contributed by atoms with van der Waals surface area (Å²) in [5.41, 5.74) is 2.56. The van der Waals surface area contributed by atoms with Crippen LogP contribution in [0.25, 0.3) is 0 Å². The van der Waals surface area contributed by atoms with E-state index in [2.05, 4.69) is 13.1 Å². The number of hydrogen-bond acceptors (Lipinski definition) is 8. The van der Waals surface area contributed by atoms with Crippen molar-refractivity contribution in [3.05, 3.63) is 123 Å². The third kappa shape index (κ3) is 6.68. The molecule has 3 amide bonds. The number of piperidine rings is 1. The number of methoxy groups -OCH3 is 1. The summed E-state index contributed by atoms with van der Waals surface area (Å²) in [6, 6.07) is 27.6. The molecule has 13 heteroatoms. The molecule has 0 saturated carbocycles. The number of non-ortho nitro benzene ring substituents is 1. The molecular formula is C45H50N4O8Si. The highest BCUT2D eigenvalue weighted by Crippen LogP contribution is 2.60. The van der Waals surface area contributed by atoms with Crippen LogP contribution < -0.4 is 19.7 Å². The van der Waals surface area contributed by atoms with Gasteiger partial charge in [-0.15, -0.1) is 0 Å². The Morgan fingerprint density at radius 2 is 1.76 bits per heavy atom. The second-order valence-electron chi connectivity index (χ2n) is 16.7. The van der Waals surface area contributed by atoms with Gasteiger partial charge in [0.15, 0.2) is 5.60 Å². The monoisotopic (exact) mass is 802 g/mol. The van der Waals surface area contributed by atoms with Crippen LogP contribution in [-0.2, 0) is 44.2 Å². The lowest BCUT2D eigenvalue weighted by atomic mass is 9.82. The van der Waals surface area contributed by atoms with E-state index in [0.29, 0.717) is 42.9 Å². The molecule has 0 bridgehead atoms. The van der Waals surface area contributed by atoms with Crippen molar-refractivity contribution in [3.63, 3.8) is 0 Å². The standard InChI is InChI=1S/C45H50N4O8Si/c1-29-43(58(3,4)37-18-16-36(56-2)17-19-37)40(25-42(52)47-27-32-12-6-5-11-31(32)23-35(47)28-50)57-45(29)38-24-34(49(54)55)15-20-39(38)48(44(45)53)26-30-10-9-13-33(22-30)46-21-8-7-14-41(46)51/h5-6,9-13,15-20,22,24,29,35,40,43,50H,7-8,14,21,23,25-28H2,1-4H3/t29-,35+,40+,43-,45+/m1/s1. The van der Waals surface area contributed by atoms with Crippen LogP contribution in [0.4, 0.5) is 17.1 Å². The molecular weight excluding hydrogens is 753 g/mol. The molecule has 2 fully saturated rings. The Morgan fingerprint density at radius 3 is 2.47 bits per heavy atom. The van der Waals surface area contributed by atoms with Crippen molar-refractivity contribution in [2.45, 2.75) is 88.5 Å². The predicted molar refractivity (Wildman–Crippen MR) is 223 cm³/mol. The number of aliphatic hydroxyl groups excluding tert-OH is 1. The van der Waals surface area contributed by atoms with Gasteiger partial charge in [0.2, 0.25) is 11.8 Å². The maximum Gasteiger partial charge on any atom is 0.269 e. The summed E-state index contributed by atoms with van der Waals surface area (Å²) in [6.45, 7) is 7.37. The molecule has 2 saturated heterocycles. The van der Waals surface area contributed by atoms with Crippen molar-refractivity contribution in [2.24, 2.45) is 5.92 Å². The first-order valence-corrected chi connectivity index (χ1v) is 23.2. The third-order valence-corrected chi connectivity index (χ3v) is 17.5. The molecule has 4 aromatic rings. The minimum atomic E-state index is -2.66. The van der Waals surface area contributed by atoms with Gasteiger partial charge in [-0.05, 0) is 71.8 Å². The Kier molecular flexibility index (Phi) is 10.5. The topological polar surface area (TPSA) is 143 Å². The lowest BCUT2D eigenvalue weighted by molar-refractivity contribution is -0.385. The average molecular weight is 803 g/mol. The molecule has 0 aliphatic carbocycles. The van der Waals surface area contributed by atoms with Crippen molar-refractivity contribution >= 4 is 48.0 Å². The van der Waals surface area contributed by atoms with Crippen LogP contribution in [0.1, 0.15) is 54.9 Å². The van der Waals surface area contributed by atoms with Crippen LogP contribution in [0.5, 0.6) is 5.75 Å². The highest BCUT2D eigenvalue weighted by Gasteiger charge is 2.67. The molecule has 1 N–H and O–H groups in total. The molecule has 12 nitrogen and oxygen atoms in total. The smallest absolute Gasteiger partial charge is 0.269 e. The number of nitrogens with zero attached hydrogens (tertiary/aromatic N) is 4. The van der Waals surface area contributed by atoms with Crippen molar-refractivity contribution in [1.82, 2.24) is 4.90 Å². The summed E-state index contributed by atoms with van der Waals surface area (Å²) in [7, 11) is -1.04. The van der Waals surface area contributed by atoms with Crippen LogP contribution in [0.15, 0.2) is 91.0 Å². The molecule has 8 rings (SSSR count). The van der Waals surface area contributed by atoms with Crippen molar-refractivity contribution < 1.29 is 33.9 Å². The van der Waals surface area contributed by atoms with Gasteiger partial charge in [0, 0.05) is 48.8 Å². The number of rotatable bonds is 10. The highest BCUT2D eigenvalue weighted by atomic mass is 28.3. The summed E-state index contributed by atoms with van der Waals surface area (Å²) in [5, 5.41) is 23.9. The number of carbonyl (C=O) groups excluding carboxylic acids is 3. The Bertz CT molecular complexity index is 2270. The molecule has 4 aromatic carbocycles. The van der Waals surface area contributed by atoms with E-state index in [1.165, 1.54) is 12.1 Å². The molecule has 0 aromatic heterocycles. The average Bonchev–Trinajstić information content (AvgIpc) is 3.65. The zero-order chi connectivity index (χ0) is 40.9. The summed E-state index contributed by atoms with van der Waals surface area (Å²) >= 11 is 0. The van der Waals surface area contributed by atoms with Gasteiger partial charge < -0.3 is 29.3 Å². The Balaban J connectivity index is 1.20. The fourth-order valence-corrected chi connectivity index (χ4v) is 14.2. The molecule has 0 unspecified atom stereocenters. The number of ether oxygens (including phenoxy) is 2. The van der Waals surface area contributed by atoms with Crippen LogP contribution in [0, 0.1) is 16.0 Å².